The van der Waals surface area contributed by atoms with Crippen molar-refractivity contribution < 1.29 is 0 Å². The molecule has 0 saturated heterocycles. The summed E-state index contributed by atoms with van der Waals surface area (Å²) in [5.74, 6) is 0. The molecule has 0 N–H and O–H groups in total. The molecule has 0 spiro atoms. The molecule has 0 fully saturated rings. The molecule has 1 aromatic heterocycles. The van der Waals surface area contributed by atoms with Crippen molar-refractivity contribution in [3.05, 3.63) is 18.8 Å². The first-order valence-corrected chi connectivity index (χ1v) is 4.05. The summed E-state index contributed by atoms with van der Waals surface area (Å²) in [6.07, 6.45) is 5.05. The van der Waals surface area contributed by atoms with Crippen LogP contribution in [0.4, 0.5) is 0 Å². The van der Waals surface area contributed by atoms with Crippen molar-refractivity contribution in [2.75, 3.05) is 0 Å². The molecule has 0 saturated carbocycles. The molecule has 1 radical (unpaired) electrons. The van der Waals surface area contributed by atoms with E-state index in [9.17, 15) is 0 Å². The van der Waals surface area contributed by atoms with Crippen LogP contribution >= 0.6 is 0 Å². The van der Waals surface area contributed by atoms with E-state index < -0.39 is 0 Å². The summed E-state index contributed by atoms with van der Waals surface area (Å²) in [6.45, 7) is 6.88. The fraction of sp³-hybridized carbons (Fsp3) is 0.625. The zero-order valence-electron chi connectivity index (χ0n) is 6.95. The summed E-state index contributed by atoms with van der Waals surface area (Å²) in [4.78, 5) is 0. The molecular weight excluding hydrogens is 138 g/mol. The minimum Gasteiger partial charge on any atom is -0.252 e. The van der Waals surface area contributed by atoms with Gasteiger partial charge in [0.15, 0.2) is 0 Å². The molecule has 11 heavy (non-hydrogen) atoms. The van der Waals surface area contributed by atoms with Crippen LogP contribution < -0.4 is 0 Å². The molecule has 1 heterocycles. The smallest absolute Gasteiger partial charge is 0.0827 e. The highest BCUT2D eigenvalue weighted by Crippen LogP contribution is 1.96. The van der Waals surface area contributed by atoms with Crippen molar-refractivity contribution in [3.63, 3.8) is 0 Å². The molecule has 3 heteroatoms. The second-order valence-electron chi connectivity index (χ2n) is 2.58. The molecule has 0 bridgehead atoms. The number of aromatic nitrogens is 3. The Morgan fingerprint density at radius 2 is 2.45 bits per heavy atom. The van der Waals surface area contributed by atoms with E-state index in [0.29, 0.717) is 0 Å². The third kappa shape index (κ3) is 2.33. The number of hydrogen-bond donors (Lipinski definition) is 0. The van der Waals surface area contributed by atoms with Crippen molar-refractivity contribution in [1.82, 2.24) is 15.0 Å². The van der Waals surface area contributed by atoms with E-state index in [2.05, 4.69) is 24.2 Å². The van der Waals surface area contributed by atoms with Crippen molar-refractivity contribution in [1.29, 1.82) is 0 Å². The first kappa shape index (κ1) is 8.24. The van der Waals surface area contributed by atoms with Gasteiger partial charge in [0.1, 0.15) is 0 Å². The Hall–Kier alpha value is -0.860. The van der Waals surface area contributed by atoms with Crippen LogP contribution in [0.2, 0.25) is 0 Å². The second-order valence-corrected chi connectivity index (χ2v) is 2.58. The van der Waals surface area contributed by atoms with Gasteiger partial charge in [0.05, 0.1) is 5.69 Å². The zero-order valence-corrected chi connectivity index (χ0v) is 6.95. The second kappa shape index (κ2) is 4.11. The topological polar surface area (TPSA) is 30.7 Å². The molecule has 0 unspecified atom stereocenters. The van der Waals surface area contributed by atoms with E-state index in [0.717, 1.165) is 18.7 Å². The standard InChI is InChI=1S/C8H14N3/c1-3-5-6-11-7-8(4-2)9-10-11/h7H,2-6H2,1H3. The lowest BCUT2D eigenvalue weighted by Crippen LogP contribution is -1.97. The van der Waals surface area contributed by atoms with E-state index >= 15 is 0 Å². The average molecular weight is 152 g/mol. The Labute approximate surface area is 67.4 Å². The fourth-order valence-electron chi connectivity index (χ4n) is 0.882. The van der Waals surface area contributed by atoms with E-state index in [4.69, 9.17) is 0 Å². The van der Waals surface area contributed by atoms with Crippen LogP contribution in [0.25, 0.3) is 0 Å². The highest BCUT2D eigenvalue weighted by Gasteiger charge is 1.95. The molecule has 1 aromatic rings. The van der Waals surface area contributed by atoms with Crippen LogP contribution in [0.5, 0.6) is 0 Å². The molecule has 0 aliphatic heterocycles. The van der Waals surface area contributed by atoms with Crippen LogP contribution in [0.15, 0.2) is 6.20 Å². The van der Waals surface area contributed by atoms with Gasteiger partial charge in [-0.2, -0.15) is 0 Å². The molecule has 3 nitrogen and oxygen atoms in total. The van der Waals surface area contributed by atoms with Gasteiger partial charge in [0.25, 0.3) is 0 Å². The van der Waals surface area contributed by atoms with Gasteiger partial charge >= 0.3 is 0 Å². The highest BCUT2D eigenvalue weighted by atomic mass is 15.4. The third-order valence-electron chi connectivity index (χ3n) is 1.58. The maximum atomic E-state index is 3.95. The quantitative estimate of drug-likeness (QED) is 0.653. The average Bonchev–Trinajstić information content (AvgIpc) is 2.48. The Balaban J connectivity index is 2.44. The summed E-state index contributed by atoms with van der Waals surface area (Å²) in [5.41, 5.74) is 0.973. The van der Waals surface area contributed by atoms with Crippen LogP contribution in [0.3, 0.4) is 0 Å². The summed E-state index contributed by atoms with van der Waals surface area (Å²) in [6, 6.07) is 0. The molecule has 0 aromatic carbocycles. The van der Waals surface area contributed by atoms with E-state index in [1.165, 1.54) is 12.8 Å². The normalized spacial score (nSPS) is 10.4. The highest BCUT2D eigenvalue weighted by molar-refractivity contribution is 4.92. The largest absolute Gasteiger partial charge is 0.252 e. The Morgan fingerprint density at radius 3 is 3.00 bits per heavy atom. The third-order valence-corrected chi connectivity index (χ3v) is 1.58. The number of rotatable bonds is 4. The number of nitrogens with zero attached hydrogens (tertiary/aromatic N) is 3. The maximum absolute atomic E-state index is 3.95. The lowest BCUT2D eigenvalue weighted by atomic mass is 10.3. The fourth-order valence-corrected chi connectivity index (χ4v) is 0.882. The van der Waals surface area contributed by atoms with Gasteiger partial charge in [0.2, 0.25) is 0 Å². The van der Waals surface area contributed by atoms with Gasteiger partial charge in [-0.15, -0.1) is 5.10 Å². The Morgan fingerprint density at radius 1 is 1.64 bits per heavy atom. The maximum Gasteiger partial charge on any atom is 0.0827 e. The molecule has 0 aliphatic rings. The van der Waals surface area contributed by atoms with Gasteiger partial charge in [-0.3, -0.25) is 4.68 Å². The van der Waals surface area contributed by atoms with Gasteiger partial charge in [-0.1, -0.05) is 18.6 Å². The monoisotopic (exact) mass is 152 g/mol. The minimum atomic E-state index is 0.728. The summed E-state index contributed by atoms with van der Waals surface area (Å²) >= 11 is 0. The SMILES string of the molecule is [CH2]Cc1cn(CCCC)nn1. The molecule has 0 aliphatic carbocycles. The number of aryl methyl sites for hydroxylation is 1. The van der Waals surface area contributed by atoms with Gasteiger partial charge < -0.3 is 0 Å². The summed E-state index contributed by atoms with van der Waals surface area (Å²) < 4.78 is 1.88. The first-order valence-electron chi connectivity index (χ1n) is 4.05. The van der Waals surface area contributed by atoms with Crippen LogP contribution in [0.1, 0.15) is 25.5 Å². The van der Waals surface area contributed by atoms with Gasteiger partial charge in [-0.05, 0) is 19.8 Å². The lowest BCUT2D eigenvalue weighted by Gasteiger charge is -1.94. The molecule has 0 amide bonds. The van der Waals surface area contributed by atoms with Crippen LogP contribution in [-0.4, -0.2) is 15.0 Å². The Bertz CT molecular complexity index is 205. The Kier molecular flexibility index (Phi) is 3.08. The lowest BCUT2D eigenvalue weighted by molar-refractivity contribution is 0.553. The van der Waals surface area contributed by atoms with E-state index in [-0.39, 0.29) is 0 Å². The predicted molar refractivity (Wildman–Crippen MR) is 44.0 cm³/mol. The van der Waals surface area contributed by atoms with Crippen molar-refractivity contribution >= 4 is 0 Å². The first-order chi connectivity index (χ1) is 5.36. The molecule has 1 rings (SSSR count). The number of unbranched alkanes of at least 4 members (excludes halogenated alkanes) is 1. The number of hydrogen-bond acceptors (Lipinski definition) is 2. The molecular formula is C8H14N3. The summed E-state index contributed by atoms with van der Waals surface area (Å²) in [7, 11) is 0. The summed E-state index contributed by atoms with van der Waals surface area (Å²) in [5, 5.41) is 7.89. The van der Waals surface area contributed by atoms with Crippen molar-refractivity contribution in [3.8, 4) is 0 Å². The predicted octanol–water partition coefficient (Wildman–Crippen LogP) is 1.45. The molecule has 0 atom stereocenters. The van der Waals surface area contributed by atoms with Gasteiger partial charge in [0, 0.05) is 12.7 Å². The van der Waals surface area contributed by atoms with E-state index in [1.807, 2.05) is 10.9 Å². The van der Waals surface area contributed by atoms with Gasteiger partial charge in [-0.25, -0.2) is 0 Å². The molecule has 61 valence electrons. The minimum absolute atomic E-state index is 0.728. The zero-order chi connectivity index (χ0) is 8.10. The van der Waals surface area contributed by atoms with Crippen molar-refractivity contribution in [2.24, 2.45) is 0 Å². The van der Waals surface area contributed by atoms with Crippen LogP contribution in [-0.2, 0) is 13.0 Å². The van der Waals surface area contributed by atoms with E-state index in [1.54, 1.807) is 0 Å². The van der Waals surface area contributed by atoms with Crippen LogP contribution in [0, 0.1) is 6.92 Å². The van der Waals surface area contributed by atoms with Crippen molar-refractivity contribution in [2.45, 2.75) is 32.7 Å².